The highest BCUT2D eigenvalue weighted by Gasteiger charge is 2.45. The maximum Gasteiger partial charge on any atom is 0.407 e. The molecule has 0 spiro atoms. The second kappa shape index (κ2) is 12.3. The zero-order valence-electron chi connectivity index (χ0n) is 22.7. The van der Waals surface area contributed by atoms with Crippen molar-refractivity contribution >= 4 is 41.1 Å². The van der Waals surface area contributed by atoms with Crippen LogP contribution in [0.2, 0.25) is 10.0 Å². The first kappa shape index (κ1) is 29.4. The number of nitrogens with zero attached hydrogens (tertiary/aromatic N) is 2. The standard InChI is InChI=1S/C31H33Cl2N3O4/c1-31(2,3)36(30(39)40)18-17-35-27(24-14-13-21(32)19-25(24)33)26(22-11-7-8-12-23(22)29(35)38)28(37)34-16-15-20-9-5-4-6-10-20/h4-14,19,26-27H,15-18H2,1-3H3,(H,34,37)(H,39,40). The highest BCUT2D eigenvalue weighted by Crippen LogP contribution is 2.45. The Hall–Kier alpha value is -3.55. The Kier molecular flexibility index (Phi) is 9.06. The molecule has 40 heavy (non-hydrogen) atoms. The molecule has 7 nitrogen and oxygen atoms in total. The van der Waals surface area contributed by atoms with Crippen LogP contribution in [-0.2, 0) is 11.2 Å². The molecular weight excluding hydrogens is 549 g/mol. The summed E-state index contributed by atoms with van der Waals surface area (Å²) in [5.41, 5.74) is 1.98. The van der Waals surface area contributed by atoms with Crippen LogP contribution in [0, 0.1) is 0 Å². The molecule has 1 aliphatic heterocycles. The molecule has 0 fully saturated rings. The van der Waals surface area contributed by atoms with Crippen LogP contribution in [0.3, 0.4) is 0 Å². The summed E-state index contributed by atoms with van der Waals surface area (Å²) in [6.45, 7) is 5.92. The molecule has 2 unspecified atom stereocenters. The minimum Gasteiger partial charge on any atom is -0.465 e. The van der Waals surface area contributed by atoms with Gasteiger partial charge in [0.05, 0.1) is 12.0 Å². The molecule has 3 aromatic rings. The van der Waals surface area contributed by atoms with Crippen molar-refractivity contribution in [2.24, 2.45) is 0 Å². The van der Waals surface area contributed by atoms with E-state index in [1.54, 1.807) is 68.1 Å². The van der Waals surface area contributed by atoms with Gasteiger partial charge in [-0.25, -0.2) is 4.79 Å². The van der Waals surface area contributed by atoms with Crippen molar-refractivity contribution in [3.63, 3.8) is 0 Å². The molecule has 1 heterocycles. The number of rotatable bonds is 8. The summed E-state index contributed by atoms with van der Waals surface area (Å²) in [6.07, 6.45) is -0.441. The Bertz CT molecular complexity index is 1390. The van der Waals surface area contributed by atoms with Crippen molar-refractivity contribution < 1.29 is 19.5 Å². The maximum atomic E-state index is 13.9. The Morgan fingerprint density at radius 2 is 1.65 bits per heavy atom. The molecule has 0 radical (unpaired) electrons. The van der Waals surface area contributed by atoms with Gasteiger partial charge in [-0.3, -0.25) is 9.59 Å². The number of carboxylic acid groups (broad SMARTS) is 1. The van der Waals surface area contributed by atoms with Gasteiger partial charge in [0.2, 0.25) is 5.91 Å². The molecule has 0 saturated carbocycles. The number of halogens is 2. The minimum absolute atomic E-state index is 0.0524. The monoisotopic (exact) mass is 581 g/mol. The van der Waals surface area contributed by atoms with Crippen molar-refractivity contribution in [3.05, 3.63) is 105 Å². The molecule has 4 rings (SSSR count). The fourth-order valence-electron chi connectivity index (χ4n) is 5.22. The molecule has 3 amide bonds. The van der Waals surface area contributed by atoms with E-state index in [2.05, 4.69) is 5.32 Å². The smallest absolute Gasteiger partial charge is 0.407 e. The van der Waals surface area contributed by atoms with Crippen molar-refractivity contribution in [1.82, 2.24) is 15.1 Å². The summed E-state index contributed by atoms with van der Waals surface area (Å²) in [7, 11) is 0. The zero-order chi connectivity index (χ0) is 29.0. The predicted octanol–water partition coefficient (Wildman–Crippen LogP) is 6.41. The van der Waals surface area contributed by atoms with E-state index in [0.717, 1.165) is 5.56 Å². The highest BCUT2D eigenvalue weighted by atomic mass is 35.5. The van der Waals surface area contributed by atoms with E-state index in [9.17, 15) is 19.5 Å². The van der Waals surface area contributed by atoms with E-state index in [4.69, 9.17) is 23.2 Å². The van der Waals surface area contributed by atoms with Crippen LogP contribution in [0.4, 0.5) is 4.79 Å². The lowest BCUT2D eigenvalue weighted by atomic mass is 9.79. The molecule has 3 aromatic carbocycles. The molecule has 0 aromatic heterocycles. The van der Waals surface area contributed by atoms with E-state index >= 15 is 0 Å². The summed E-state index contributed by atoms with van der Waals surface area (Å²) in [5.74, 6) is -1.32. The third-order valence-electron chi connectivity index (χ3n) is 7.16. The number of hydrogen-bond donors (Lipinski definition) is 2. The SMILES string of the molecule is CC(C)(C)N(CCN1C(=O)c2ccccc2C(C(=O)NCCc2ccccc2)C1c1ccc(Cl)cc1Cl)C(=O)O. The van der Waals surface area contributed by atoms with Crippen molar-refractivity contribution in [3.8, 4) is 0 Å². The van der Waals surface area contributed by atoms with E-state index in [1.165, 1.54) is 4.90 Å². The number of benzene rings is 3. The van der Waals surface area contributed by atoms with Gasteiger partial charge >= 0.3 is 6.09 Å². The first-order valence-electron chi connectivity index (χ1n) is 13.2. The van der Waals surface area contributed by atoms with Crippen molar-refractivity contribution in [2.75, 3.05) is 19.6 Å². The van der Waals surface area contributed by atoms with E-state index in [-0.39, 0.29) is 24.9 Å². The summed E-state index contributed by atoms with van der Waals surface area (Å²) in [6, 6.07) is 21.1. The van der Waals surface area contributed by atoms with E-state index in [0.29, 0.717) is 39.7 Å². The van der Waals surface area contributed by atoms with E-state index in [1.807, 2.05) is 30.3 Å². The van der Waals surface area contributed by atoms with Crippen LogP contribution in [0.5, 0.6) is 0 Å². The second-order valence-corrected chi connectivity index (χ2v) is 11.6. The summed E-state index contributed by atoms with van der Waals surface area (Å²) in [5, 5.41) is 13.7. The zero-order valence-corrected chi connectivity index (χ0v) is 24.2. The predicted molar refractivity (Wildman–Crippen MR) is 157 cm³/mol. The normalized spacial score (nSPS) is 16.8. The minimum atomic E-state index is -1.09. The van der Waals surface area contributed by atoms with Crippen molar-refractivity contribution in [1.29, 1.82) is 0 Å². The number of hydrogen-bond acceptors (Lipinski definition) is 3. The fourth-order valence-corrected chi connectivity index (χ4v) is 5.74. The van der Waals surface area contributed by atoms with Crippen molar-refractivity contribution in [2.45, 2.75) is 44.7 Å². The molecule has 2 atom stereocenters. The Morgan fingerprint density at radius 3 is 2.30 bits per heavy atom. The molecule has 2 N–H and O–H groups in total. The average Bonchev–Trinajstić information content (AvgIpc) is 2.89. The molecule has 0 bridgehead atoms. The van der Waals surface area contributed by atoms with Crippen LogP contribution in [0.15, 0.2) is 72.8 Å². The quantitative estimate of drug-likeness (QED) is 0.321. The van der Waals surface area contributed by atoms with Gasteiger partial charge in [0.1, 0.15) is 0 Å². The van der Waals surface area contributed by atoms with Gasteiger partial charge in [-0.15, -0.1) is 0 Å². The lowest BCUT2D eigenvalue weighted by Crippen LogP contribution is -2.52. The Morgan fingerprint density at radius 1 is 0.975 bits per heavy atom. The topological polar surface area (TPSA) is 90.0 Å². The molecule has 1 aliphatic rings. The van der Waals surface area contributed by atoms with Crippen LogP contribution < -0.4 is 5.32 Å². The second-order valence-electron chi connectivity index (χ2n) is 10.8. The third-order valence-corrected chi connectivity index (χ3v) is 7.73. The van der Waals surface area contributed by atoms with Gasteiger partial charge < -0.3 is 20.2 Å². The summed E-state index contributed by atoms with van der Waals surface area (Å²) >= 11 is 12.9. The molecule has 210 valence electrons. The number of fused-ring (bicyclic) bond motifs is 1. The number of nitrogens with one attached hydrogen (secondary N) is 1. The Labute approximate surface area is 244 Å². The molecule has 9 heteroatoms. The third kappa shape index (κ3) is 6.43. The average molecular weight is 583 g/mol. The van der Waals surface area contributed by atoms with Gasteiger partial charge in [-0.05, 0) is 62.1 Å². The highest BCUT2D eigenvalue weighted by molar-refractivity contribution is 6.35. The number of amides is 3. The van der Waals surface area contributed by atoms with E-state index < -0.39 is 23.6 Å². The lowest BCUT2D eigenvalue weighted by Gasteiger charge is -2.43. The first-order chi connectivity index (χ1) is 19.0. The van der Waals surface area contributed by atoms with Gasteiger partial charge in [-0.1, -0.05) is 77.8 Å². The molecular formula is C31H33Cl2N3O4. The summed E-state index contributed by atoms with van der Waals surface area (Å²) < 4.78 is 0. The fraction of sp³-hybridized carbons (Fsp3) is 0.323. The van der Waals surface area contributed by atoms with Gasteiger partial charge in [0.25, 0.3) is 5.91 Å². The van der Waals surface area contributed by atoms with Crippen LogP contribution in [-0.4, -0.2) is 58.0 Å². The number of carbonyl (C=O) groups excluding carboxylic acids is 2. The Balaban J connectivity index is 1.75. The number of carbonyl (C=O) groups is 3. The van der Waals surface area contributed by atoms with Gasteiger partial charge in [0, 0.05) is 40.8 Å². The van der Waals surface area contributed by atoms with Gasteiger partial charge in [0.15, 0.2) is 0 Å². The molecule has 0 saturated heterocycles. The first-order valence-corrected chi connectivity index (χ1v) is 13.9. The largest absolute Gasteiger partial charge is 0.465 e. The van der Waals surface area contributed by atoms with Crippen LogP contribution in [0.25, 0.3) is 0 Å². The van der Waals surface area contributed by atoms with Gasteiger partial charge in [-0.2, -0.15) is 0 Å². The van der Waals surface area contributed by atoms with Crippen LogP contribution in [0.1, 0.15) is 59.8 Å². The summed E-state index contributed by atoms with van der Waals surface area (Å²) in [4.78, 5) is 42.8. The maximum absolute atomic E-state index is 13.9. The van der Waals surface area contributed by atoms with Crippen LogP contribution >= 0.6 is 23.2 Å². The molecule has 0 aliphatic carbocycles. The lowest BCUT2D eigenvalue weighted by molar-refractivity contribution is -0.124.